The summed E-state index contributed by atoms with van der Waals surface area (Å²) in [6.45, 7) is 0.191. The molecule has 0 aliphatic carbocycles. The number of carbonyl (C=O) groups is 1. The van der Waals surface area contributed by atoms with E-state index in [1.807, 2.05) is 12.1 Å². The van der Waals surface area contributed by atoms with Crippen LogP contribution < -0.4 is 16.6 Å². The highest BCUT2D eigenvalue weighted by Gasteiger charge is 2.12. The molecule has 2 heterocycles. The summed E-state index contributed by atoms with van der Waals surface area (Å²) in [6.07, 6.45) is 0. The Morgan fingerprint density at radius 2 is 1.80 bits per heavy atom. The number of hydrogen-bond acceptors (Lipinski definition) is 5. The van der Waals surface area contributed by atoms with Crippen LogP contribution in [0.25, 0.3) is 22.4 Å². The number of hydrogen-bond donors (Lipinski definition) is 1. The van der Waals surface area contributed by atoms with Crippen LogP contribution in [0.1, 0.15) is 0 Å². The number of nitrogens with one attached hydrogen (secondary N) is 1. The van der Waals surface area contributed by atoms with Crippen LogP contribution in [-0.4, -0.2) is 26.8 Å². The number of halogens is 1. The Hall–Kier alpha value is -3.65. The first-order valence-corrected chi connectivity index (χ1v) is 9.58. The van der Waals surface area contributed by atoms with Crippen LogP contribution in [0.15, 0.2) is 74.7 Å². The van der Waals surface area contributed by atoms with E-state index < -0.39 is 5.76 Å². The van der Waals surface area contributed by atoms with Crippen molar-refractivity contribution >= 4 is 28.6 Å². The third-order valence-electron chi connectivity index (χ3n) is 4.53. The van der Waals surface area contributed by atoms with Gasteiger partial charge in [0, 0.05) is 23.2 Å². The molecule has 0 spiro atoms. The smallest absolute Gasteiger partial charge is 0.408 e. The van der Waals surface area contributed by atoms with E-state index in [4.69, 9.17) is 16.0 Å². The van der Waals surface area contributed by atoms with Crippen molar-refractivity contribution < 1.29 is 9.21 Å². The topological polar surface area (TPSA) is 99.1 Å². The van der Waals surface area contributed by atoms with Gasteiger partial charge in [0.1, 0.15) is 6.54 Å². The molecular weight excluding hydrogens is 408 g/mol. The van der Waals surface area contributed by atoms with E-state index in [0.29, 0.717) is 21.8 Å². The molecule has 0 saturated heterocycles. The van der Waals surface area contributed by atoms with Crippen molar-refractivity contribution in [2.45, 2.75) is 13.1 Å². The predicted octanol–water partition coefficient (Wildman–Crippen LogP) is 2.29. The molecule has 9 heteroatoms. The zero-order valence-corrected chi connectivity index (χ0v) is 16.5. The summed E-state index contributed by atoms with van der Waals surface area (Å²) in [5.74, 6) is -0.967. The van der Waals surface area contributed by atoms with Gasteiger partial charge < -0.3 is 9.73 Å². The van der Waals surface area contributed by atoms with Crippen molar-refractivity contribution in [3.63, 3.8) is 0 Å². The molecule has 1 amide bonds. The van der Waals surface area contributed by atoms with Crippen molar-refractivity contribution in [2.24, 2.45) is 0 Å². The Kier molecular flexibility index (Phi) is 5.49. The fraction of sp³-hybridized carbons (Fsp3) is 0.143. The van der Waals surface area contributed by atoms with Gasteiger partial charge in [0.05, 0.1) is 17.8 Å². The summed E-state index contributed by atoms with van der Waals surface area (Å²) >= 11 is 5.90. The van der Waals surface area contributed by atoms with Crippen molar-refractivity contribution in [2.75, 3.05) is 6.54 Å². The first kappa shape index (κ1) is 19.7. The first-order valence-electron chi connectivity index (χ1n) is 9.20. The Bertz CT molecular complexity index is 1320. The number of amides is 1. The maximum Gasteiger partial charge on any atom is 0.420 e. The highest BCUT2D eigenvalue weighted by Crippen LogP contribution is 2.18. The van der Waals surface area contributed by atoms with Crippen LogP contribution >= 0.6 is 11.6 Å². The van der Waals surface area contributed by atoms with Gasteiger partial charge in [-0.2, -0.15) is 5.10 Å². The molecule has 0 bridgehead atoms. The molecule has 2 aromatic heterocycles. The highest BCUT2D eigenvalue weighted by atomic mass is 35.5. The molecule has 30 heavy (non-hydrogen) atoms. The van der Waals surface area contributed by atoms with E-state index in [-0.39, 0.29) is 31.1 Å². The second kappa shape index (κ2) is 8.38. The molecule has 0 radical (unpaired) electrons. The van der Waals surface area contributed by atoms with E-state index in [9.17, 15) is 14.4 Å². The minimum atomic E-state index is -0.597. The zero-order valence-electron chi connectivity index (χ0n) is 15.7. The quantitative estimate of drug-likeness (QED) is 0.512. The monoisotopic (exact) mass is 424 g/mol. The lowest BCUT2D eigenvalue weighted by molar-refractivity contribution is -0.121. The molecule has 4 aromatic rings. The van der Waals surface area contributed by atoms with Gasteiger partial charge in [0.15, 0.2) is 5.58 Å². The maximum absolute atomic E-state index is 12.3. The largest absolute Gasteiger partial charge is 0.420 e. The van der Waals surface area contributed by atoms with Crippen LogP contribution in [0.3, 0.4) is 0 Å². The molecule has 0 saturated carbocycles. The molecule has 0 fully saturated rings. The molecule has 4 rings (SSSR count). The van der Waals surface area contributed by atoms with Gasteiger partial charge in [-0.25, -0.2) is 9.48 Å². The first-order chi connectivity index (χ1) is 14.5. The van der Waals surface area contributed by atoms with Gasteiger partial charge >= 0.3 is 5.76 Å². The Balaban J connectivity index is 1.41. The van der Waals surface area contributed by atoms with Gasteiger partial charge in [-0.3, -0.25) is 14.2 Å². The fourth-order valence-corrected chi connectivity index (χ4v) is 3.17. The summed E-state index contributed by atoms with van der Waals surface area (Å²) in [5, 5.41) is 7.65. The van der Waals surface area contributed by atoms with Crippen molar-refractivity contribution in [1.29, 1.82) is 0 Å². The number of nitrogens with zero attached hydrogens (tertiary/aromatic N) is 3. The Morgan fingerprint density at radius 3 is 2.60 bits per heavy atom. The average molecular weight is 425 g/mol. The molecular formula is C21H17ClN4O4. The zero-order chi connectivity index (χ0) is 21.1. The summed E-state index contributed by atoms with van der Waals surface area (Å²) in [6, 6.07) is 17.1. The average Bonchev–Trinajstić information content (AvgIpc) is 3.05. The lowest BCUT2D eigenvalue weighted by Crippen LogP contribution is -2.35. The number of rotatable bonds is 6. The molecule has 0 aliphatic heterocycles. The molecule has 152 valence electrons. The fourth-order valence-electron chi connectivity index (χ4n) is 3.05. The molecule has 1 N–H and O–H groups in total. The molecule has 0 aliphatic rings. The third-order valence-corrected chi connectivity index (χ3v) is 4.78. The number of para-hydroxylation sites is 2. The standard InChI is InChI=1S/C21H17ClN4O4/c22-15-7-5-14(6-8-15)16-9-10-20(28)26(24-16)12-11-23-19(27)13-25-17-3-1-2-4-18(17)30-21(25)29/h1-10H,11-13H2,(H,23,27). The molecule has 0 unspecified atom stereocenters. The van der Waals surface area contributed by atoms with Crippen LogP contribution in [-0.2, 0) is 17.9 Å². The number of carbonyl (C=O) groups excluding carboxylic acids is 1. The van der Waals surface area contributed by atoms with E-state index in [0.717, 1.165) is 5.56 Å². The van der Waals surface area contributed by atoms with E-state index in [1.54, 1.807) is 42.5 Å². The summed E-state index contributed by atoms with van der Waals surface area (Å²) in [7, 11) is 0. The van der Waals surface area contributed by atoms with Crippen LogP contribution in [0.5, 0.6) is 0 Å². The SMILES string of the molecule is O=C(Cn1c(=O)oc2ccccc21)NCCn1nc(-c2ccc(Cl)cc2)ccc1=O. The van der Waals surface area contributed by atoms with Gasteiger partial charge in [-0.15, -0.1) is 0 Å². The van der Waals surface area contributed by atoms with Gasteiger partial charge in [-0.05, 0) is 30.3 Å². The molecule has 8 nitrogen and oxygen atoms in total. The van der Waals surface area contributed by atoms with Gasteiger partial charge in [-0.1, -0.05) is 35.9 Å². The van der Waals surface area contributed by atoms with Gasteiger partial charge in [0.2, 0.25) is 5.91 Å². The lowest BCUT2D eigenvalue weighted by atomic mass is 10.1. The normalized spacial score (nSPS) is 11.0. The lowest BCUT2D eigenvalue weighted by Gasteiger charge is -2.09. The van der Waals surface area contributed by atoms with Gasteiger partial charge in [0.25, 0.3) is 5.56 Å². The van der Waals surface area contributed by atoms with E-state index in [2.05, 4.69) is 10.4 Å². The number of fused-ring (bicyclic) bond motifs is 1. The van der Waals surface area contributed by atoms with Crippen molar-refractivity contribution in [1.82, 2.24) is 19.7 Å². The van der Waals surface area contributed by atoms with Crippen LogP contribution in [0, 0.1) is 0 Å². The second-order valence-electron chi connectivity index (χ2n) is 6.56. The Labute approximate surface area is 175 Å². The second-order valence-corrected chi connectivity index (χ2v) is 7.00. The van der Waals surface area contributed by atoms with E-state index in [1.165, 1.54) is 15.3 Å². The van der Waals surface area contributed by atoms with Crippen LogP contribution in [0.4, 0.5) is 0 Å². The third kappa shape index (κ3) is 4.18. The Morgan fingerprint density at radius 1 is 1.03 bits per heavy atom. The number of oxazole rings is 1. The van der Waals surface area contributed by atoms with Crippen molar-refractivity contribution in [3.8, 4) is 11.3 Å². The number of benzene rings is 2. The minimum absolute atomic E-state index is 0.178. The van der Waals surface area contributed by atoms with Crippen molar-refractivity contribution in [3.05, 3.63) is 86.6 Å². The predicted molar refractivity (Wildman–Crippen MR) is 112 cm³/mol. The molecule has 2 aromatic carbocycles. The highest BCUT2D eigenvalue weighted by molar-refractivity contribution is 6.30. The summed E-state index contributed by atoms with van der Waals surface area (Å²) < 4.78 is 7.66. The number of aromatic nitrogens is 3. The summed E-state index contributed by atoms with van der Waals surface area (Å²) in [4.78, 5) is 36.3. The van der Waals surface area contributed by atoms with Crippen LogP contribution in [0.2, 0.25) is 5.02 Å². The van der Waals surface area contributed by atoms with E-state index >= 15 is 0 Å². The summed E-state index contributed by atoms with van der Waals surface area (Å²) in [5.41, 5.74) is 2.13. The maximum atomic E-state index is 12.3. The molecule has 0 atom stereocenters. The minimum Gasteiger partial charge on any atom is -0.408 e.